The van der Waals surface area contributed by atoms with Gasteiger partial charge in [-0.15, -0.1) is 0 Å². The second-order valence-corrected chi connectivity index (χ2v) is 5.17. The molecule has 2 aromatic carbocycles. The number of methoxy groups -OCH3 is 2. The fourth-order valence-corrected chi connectivity index (χ4v) is 2.72. The van der Waals surface area contributed by atoms with E-state index in [9.17, 15) is 5.26 Å². The lowest BCUT2D eigenvalue weighted by Gasteiger charge is -2.22. The van der Waals surface area contributed by atoms with Crippen LogP contribution in [0.15, 0.2) is 48.5 Å². The Morgan fingerprint density at radius 2 is 1.32 bits per heavy atom. The van der Waals surface area contributed by atoms with Crippen molar-refractivity contribution in [1.82, 2.24) is 0 Å². The lowest BCUT2D eigenvalue weighted by atomic mass is 9.80. The summed E-state index contributed by atoms with van der Waals surface area (Å²) < 4.78 is 10.4. The highest BCUT2D eigenvalue weighted by Crippen LogP contribution is 2.36. The molecule has 0 aliphatic heterocycles. The Kier molecular flexibility index (Phi) is 5.43. The van der Waals surface area contributed by atoms with E-state index in [1.54, 1.807) is 14.2 Å². The zero-order chi connectivity index (χ0) is 15.9. The van der Waals surface area contributed by atoms with Crippen molar-refractivity contribution >= 4 is 0 Å². The zero-order valence-electron chi connectivity index (χ0n) is 13.2. The molecule has 3 nitrogen and oxygen atoms in total. The Labute approximate surface area is 132 Å². The van der Waals surface area contributed by atoms with Crippen molar-refractivity contribution in [2.24, 2.45) is 0 Å². The average Bonchev–Trinajstić information content (AvgIpc) is 2.60. The molecule has 0 aromatic heterocycles. The van der Waals surface area contributed by atoms with Crippen molar-refractivity contribution in [3.05, 3.63) is 59.7 Å². The summed E-state index contributed by atoms with van der Waals surface area (Å²) in [5.41, 5.74) is 2.18. The van der Waals surface area contributed by atoms with Crippen molar-refractivity contribution in [3.63, 3.8) is 0 Å². The summed E-state index contributed by atoms with van der Waals surface area (Å²) in [4.78, 5) is 0. The zero-order valence-corrected chi connectivity index (χ0v) is 13.2. The molecule has 0 fully saturated rings. The maximum absolute atomic E-state index is 9.66. The normalized spacial score (nSPS) is 13.0. The van der Waals surface area contributed by atoms with Crippen LogP contribution in [-0.4, -0.2) is 14.2 Å². The molecule has 0 spiro atoms. The van der Waals surface area contributed by atoms with Gasteiger partial charge in [0.2, 0.25) is 0 Å². The minimum atomic E-state index is -0.177. The first-order valence-corrected chi connectivity index (χ1v) is 7.41. The molecule has 0 saturated heterocycles. The number of benzene rings is 2. The second kappa shape index (κ2) is 7.51. The van der Waals surface area contributed by atoms with E-state index in [1.165, 1.54) is 0 Å². The van der Waals surface area contributed by atoms with Gasteiger partial charge in [0.1, 0.15) is 11.5 Å². The van der Waals surface area contributed by atoms with Crippen LogP contribution in [-0.2, 0) is 0 Å². The molecule has 0 aliphatic carbocycles. The molecule has 2 rings (SSSR count). The van der Waals surface area contributed by atoms with E-state index in [1.807, 2.05) is 48.5 Å². The Morgan fingerprint density at radius 3 is 1.68 bits per heavy atom. The summed E-state index contributed by atoms with van der Waals surface area (Å²) in [6, 6.07) is 18.2. The number of nitrogens with zero attached hydrogens (tertiary/aromatic N) is 1. The molecule has 0 amide bonds. The molecule has 2 atom stereocenters. The Bertz CT molecular complexity index is 626. The van der Waals surface area contributed by atoms with E-state index in [2.05, 4.69) is 13.0 Å². The summed E-state index contributed by atoms with van der Waals surface area (Å²) in [7, 11) is 3.30. The van der Waals surface area contributed by atoms with Gasteiger partial charge in [-0.05, 0) is 41.8 Å². The monoisotopic (exact) mass is 295 g/mol. The first-order chi connectivity index (χ1) is 10.7. The van der Waals surface area contributed by atoms with Crippen LogP contribution in [0.2, 0.25) is 0 Å². The van der Waals surface area contributed by atoms with E-state index in [0.717, 1.165) is 29.0 Å². The highest BCUT2D eigenvalue weighted by atomic mass is 16.5. The van der Waals surface area contributed by atoms with Crippen LogP contribution >= 0.6 is 0 Å². The van der Waals surface area contributed by atoms with Crippen LogP contribution in [0.4, 0.5) is 0 Å². The SMILES string of the molecule is CC[C@@H](c1ccc(OC)cc1)[C@H](C#N)c1ccc(OC)cc1. The molecule has 114 valence electrons. The lowest BCUT2D eigenvalue weighted by molar-refractivity contribution is 0.414. The molecular weight excluding hydrogens is 274 g/mol. The average molecular weight is 295 g/mol. The molecule has 0 saturated carbocycles. The van der Waals surface area contributed by atoms with Crippen LogP contribution in [0, 0.1) is 11.3 Å². The molecule has 3 heteroatoms. The predicted molar refractivity (Wildman–Crippen MR) is 87.4 cm³/mol. The van der Waals surface area contributed by atoms with Gasteiger partial charge >= 0.3 is 0 Å². The van der Waals surface area contributed by atoms with Gasteiger partial charge in [-0.1, -0.05) is 31.2 Å². The van der Waals surface area contributed by atoms with Crippen molar-refractivity contribution in [2.75, 3.05) is 14.2 Å². The number of rotatable bonds is 6. The summed E-state index contributed by atoms with van der Waals surface area (Å²) in [5, 5.41) is 9.66. The van der Waals surface area contributed by atoms with Crippen molar-refractivity contribution < 1.29 is 9.47 Å². The summed E-state index contributed by atoms with van der Waals surface area (Å²) in [6.07, 6.45) is 0.899. The van der Waals surface area contributed by atoms with Crippen LogP contribution in [0.1, 0.15) is 36.3 Å². The van der Waals surface area contributed by atoms with Crippen molar-refractivity contribution in [2.45, 2.75) is 25.2 Å². The van der Waals surface area contributed by atoms with Gasteiger partial charge in [0.15, 0.2) is 0 Å². The molecule has 0 aliphatic rings. The topological polar surface area (TPSA) is 42.2 Å². The van der Waals surface area contributed by atoms with Crippen LogP contribution in [0.25, 0.3) is 0 Å². The molecule has 0 N–H and O–H groups in total. The summed E-state index contributed by atoms with van der Waals surface area (Å²) in [6.45, 7) is 2.11. The third-order valence-electron chi connectivity index (χ3n) is 4.00. The second-order valence-electron chi connectivity index (χ2n) is 5.17. The first kappa shape index (κ1) is 15.9. The van der Waals surface area contributed by atoms with E-state index in [0.29, 0.717) is 0 Å². The van der Waals surface area contributed by atoms with Crippen LogP contribution < -0.4 is 9.47 Å². The number of hydrogen-bond acceptors (Lipinski definition) is 3. The van der Waals surface area contributed by atoms with Gasteiger partial charge < -0.3 is 9.47 Å². The van der Waals surface area contributed by atoms with Crippen LogP contribution in [0.5, 0.6) is 11.5 Å². The highest BCUT2D eigenvalue weighted by Gasteiger charge is 2.23. The minimum Gasteiger partial charge on any atom is -0.497 e. The third kappa shape index (κ3) is 3.40. The molecule has 22 heavy (non-hydrogen) atoms. The van der Waals surface area contributed by atoms with E-state index >= 15 is 0 Å². The maximum atomic E-state index is 9.66. The molecule has 0 bridgehead atoms. The molecule has 0 unspecified atom stereocenters. The summed E-state index contributed by atoms with van der Waals surface area (Å²) >= 11 is 0. The van der Waals surface area contributed by atoms with Crippen molar-refractivity contribution in [3.8, 4) is 17.6 Å². The molecule has 0 heterocycles. The lowest BCUT2D eigenvalue weighted by Crippen LogP contribution is -2.09. The molecule has 2 aromatic rings. The summed E-state index contributed by atoms with van der Waals surface area (Å²) in [5.74, 6) is 1.61. The maximum Gasteiger partial charge on any atom is 0.118 e. The van der Waals surface area contributed by atoms with Gasteiger partial charge in [0.25, 0.3) is 0 Å². The Balaban J connectivity index is 2.30. The van der Waals surface area contributed by atoms with Gasteiger partial charge in [0, 0.05) is 5.92 Å². The quantitative estimate of drug-likeness (QED) is 0.787. The number of ether oxygens (including phenoxy) is 2. The largest absolute Gasteiger partial charge is 0.497 e. The first-order valence-electron chi connectivity index (χ1n) is 7.41. The fourth-order valence-electron chi connectivity index (χ4n) is 2.72. The van der Waals surface area contributed by atoms with Gasteiger partial charge in [-0.2, -0.15) is 5.26 Å². The predicted octanol–water partition coefficient (Wildman–Crippen LogP) is 4.50. The van der Waals surface area contributed by atoms with E-state index < -0.39 is 0 Å². The third-order valence-corrected chi connectivity index (χ3v) is 4.00. The minimum absolute atomic E-state index is 0.157. The highest BCUT2D eigenvalue weighted by molar-refractivity contribution is 5.38. The van der Waals surface area contributed by atoms with Gasteiger partial charge in [-0.3, -0.25) is 0 Å². The number of hydrogen-bond donors (Lipinski definition) is 0. The van der Waals surface area contributed by atoms with Gasteiger partial charge in [-0.25, -0.2) is 0 Å². The Hall–Kier alpha value is -2.47. The fraction of sp³-hybridized carbons (Fsp3) is 0.316. The van der Waals surface area contributed by atoms with E-state index in [-0.39, 0.29) is 11.8 Å². The van der Waals surface area contributed by atoms with Crippen molar-refractivity contribution in [1.29, 1.82) is 5.26 Å². The number of nitriles is 1. The van der Waals surface area contributed by atoms with Crippen LogP contribution in [0.3, 0.4) is 0 Å². The van der Waals surface area contributed by atoms with E-state index in [4.69, 9.17) is 9.47 Å². The molecular formula is C19H21NO2. The van der Waals surface area contributed by atoms with Gasteiger partial charge in [0.05, 0.1) is 26.2 Å². The molecule has 0 radical (unpaired) electrons. The smallest absolute Gasteiger partial charge is 0.118 e. The Morgan fingerprint density at radius 1 is 0.864 bits per heavy atom. The standard InChI is InChI=1S/C19H21NO2/c1-4-18(14-5-9-16(21-2)10-6-14)19(13-20)15-7-11-17(22-3)12-8-15/h5-12,18-19H,4H2,1-3H3/t18-,19+/m0/s1.